The van der Waals surface area contributed by atoms with Gasteiger partial charge in [-0.15, -0.1) is 11.8 Å². The molecule has 2 atom stereocenters. The molecule has 1 N–H and O–H groups in total. The molecule has 0 radical (unpaired) electrons. The first kappa shape index (κ1) is 18.4. The van der Waals surface area contributed by atoms with E-state index in [2.05, 4.69) is 18.3 Å². The second kappa shape index (κ2) is 8.78. The second-order valence-corrected chi connectivity index (χ2v) is 7.19. The van der Waals surface area contributed by atoms with Gasteiger partial charge in [-0.2, -0.15) is 0 Å². The van der Waals surface area contributed by atoms with Crippen molar-refractivity contribution in [2.75, 3.05) is 7.11 Å². The Labute approximate surface area is 148 Å². The van der Waals surface area contributed by atoms with Gasteiger partial charge in [0.2, 0.25) is 5.91 Å². The number of hydrogen-bond donors (Lipinski definition) is 1. The van der Waals surface area contributed by atoms with Crippen LogP contribution in [0.5, 0.6) is 5.75 Å². The number of thioether (sulfide) groups is 1. The third kappa shape index (κ3) is 4.78. The van der Waals surface area contributed by atoms with E-state index in [0.717, 1.165) is 28.2 Å². The van der Waals surface area contributed by atoms with Gasteiger partial charge in [0.25, 0.3) is 0 Å². The fourth-order valence-corrected chi connectivity index (χ4v) is 3.48. The highest BCUT2D eigenvalue weighted by Gasteiger charge is 2.19. The first-order valence-corrected chi connectivity index (χ1v) is 9.09. The highest BCUT2D eigenvalue weighted by atomic mass is 32.2. The average Bonchev–Trinajstić information content (AvgIpc) is 2.60. The zero-order valence-corrected chi connectivity index (χ0v) is 15.5. The van der Waals surface area contributed by atoms with Crippen molar-refractivity contribution >= 4 is 17.7 Å². The monoisotopic (exact) mass is 343 g/mol. The summed E-state index contributed by atoms with van der Waals surface area (Å²) in [6.07, 6.45) is 0.847. The Kier molecular flexibility index (Phi) is 6.73. The molecule has 3 nitrogen and oxygen atoms in total. The molecule has 2 aromatic carbocycles. The van der Waals surface area contributed by atoms with Gasteiger partial charge in [0.05, 0.1) is 18.4 Å². The average molecular weight is 343 g/mol. The number of methoxy groups -OCH3 is 1. The van der Waals surface area contributed by atoms with Gasteiger partial charge in [-0.1, -0.05) is 37.3 Å². The normalized spacial score (nSPS) is 13.2. The quantitative estimate of drug-likeness (QED) is 0.737. The third-order valence-corrected chi connectivity index (χ3v) is 5.08. The van der Waals surface area contributed by atoms with Gasteiger partial charge in [-0.05, 0) is 49.6 Å². The maximum Gasteiger partial charge on any atom is 0.233 e. The Morgan fingerprint density at radius 3 is 2.50 bits per heavy atom. The largest absolute Gasteiger partial charge is 0.496 e. The Hall–Kier alpha value is -1.94. The number of rotatable bonds is 7. The summed E-state index contributed by atoms with van der Waals surface area (Å²) in [5.74, 6) is 0.928. The summed E-state index contributed by atoms with van der Waals surface area (Å²) in [7, 11) is 1.67. The molecule has 0 fully saturated rings. The molecule has 128 valence electrons. The van der Waals surface area contributed by atoms with Crippen LogP contribution in [0.25, 0.3) is 0 Å². The molecular weight excluding hydrogens is 318 g/mol. The predicted molar refractivity (Wildman–Crippen MR) is 101 cm³/mol. The summed E-state index contributed by atoms with van der Waals surface area (Å²) in [5.41, 5.74) is 2.19. The van der Waals surface area contributed by atoms with E-state index in [1.165, 1.54) is 0 Å². The summed E-state index contributed by atoms with van der Waals surface area (Å²) < 4.78 is 5.31. The number of amides is 1. The number of ether oxygens (including phenoxy) is 1. The molecule has 2 aromatic rings. The molecule has 0 aliphatic heterocycles. The van der Waals surface area contributed by atoms with E-state index < -0.39 is 0 Å². The lowest BCUT2D eigenvalue weighted by atomic mass is 10.0. The molecular formula is C20H25NO2S. The molecule has 0 saturated carbocycles. The van der Waals surface area contributed by atoms with E-state index >= 15 is 0 Å². The van der Waals surface area contributed by atoms with Crippen LogP contribution in [-0.2, 0) is 4.79 Å². The van der Waals surface area contributed by atoms with Gasteiger partial charge in [0.15, 0.2) is 0 Å². The van der Waals surface area contributed by atoms with Crippen LogP contribution < -0.4 is 10.1 Å². The van der Waals surface area contributed by atoms with Crippen molar-refractivity contribution in [3.63, 3.8) is 0 Å². The number of carbonyl (C=O) groups excluding carboxylic acids is 1. The number of hydrogen-bond acceptors (Lipinski definition) is 3. The molecule has 2 unspecified atom stereocenters. The summed E-state index contributed by atoms with van der Waals surface area (Å²) in [6.45, 7) is 6.04. The lowest BCUT2D eigenvalue weighted by Gasteiger charge is -2.21. The van der Waals surface area contributed by atoms with Crippen LogP contribution in [0, 0.1) is 6.92 Å². The number of nitrogens with one attached hydrogen (secondary N) is 1. The molecule has 0 saturated heterocycles. The molecule has 0 spiro atoms. The highest BCUT2D eigenvalue weighted by Crippen LogP contribution is 2.26. The lowest BCUT2D eigenvalue weighted by Crippen LogP contribution is -2.34. The molecule has 1 amide bonds. The van der Waals surface area contributed by atoms with Crippen molar-refractivity contribution in [3.05, 3.63) is 59.7 Å². The summed E-state index contributed by atoms with van der Waals surface area (Å²) in [4.78, 5) is 13.6. The summed E-state index contributed by atoms with van der Waals surface area (Å²) in [6, 6.07) is 16.1. The van der Waals surface area contributed by atoms with Crippen LogP contribution in [0.1, 0.15) is 37.4 Å². The molecule has 0 heterocycles. The van der Waals surface area contributed by atoms with Gasteiger partial charge in [-0.3, -0.25) is 4.79 Å². The smallest absolute Gasteiger partial charge is 0.233 e. The summed E-state index contributed by atoms with van der Waals surface area (Å²) >= 11 is 1.58. The fraction of sp³-hybridized carbons (Fsp3) is 0.350. The maximum atomic E-state index is 12.5. The van der Waals surface area contributed by atoms with Gasteiger partial charge >= 0.3 is 0 Å². The van der Waals surface area contributed by atoms with Crippen molar-refractivity contribution in [2.45, 2.75) is 43.4 Å². The Morgan fingerprint density at radius 2 is 1.92 bits per heavy atom. The number of aryl methyl sites for hydroxylation is 1. The van der Waals surface area contributed by atoms with Crippen molar-refractivity contribution in [1.29, 1.82) is 0 Å². The minimum absolute atomic E-state index is 0.0147. The highest BCUT2D eigenvalue weighted by molar-refractivity contribution is 8.00. The number of benzene rings is 2. The van der Waals surface area contributed by atoms with Gasteiger partial charge < -0.3 is 10.1 Å². The van der Waals surface area contributed by atoms with Crippen LogP contribution in [0.3, 0.4) is 0 Å². The Morgan fingerprint density at radius 1 is 1.21 bits per heavy atom. The molecule has 0 aliphatic carbocycles. The Bertz CT molecular complexity index is 673. The molecule has 0 bridgehead atoms. The minimum atomic E-state index is -0.138. The van der Waals surface area contributed by atoms with Crippen LogP contribution in [0.4, 0.5) is 0 Å². The zero-order valence-electron chi connectivity index (χ0n) is 14.7. The molecule has 4 heteroatoms. The van der Waals surface area contributed by atoms with E-state index in [9.17, 15) is 4.79 Å². The van der Waals surface area contributed by atoms with E-state index in [4.69, 9.17) is 4.74 Å². The first-order chi connectivity index (χ1) is 11.5. The molecule has 2 rings (SSSR count). The van der Waals surface area contributed by atoms with E-state index in [-0.39, 0.29) is 17.2 Å². The van der Waals surface area contributed by atoms with Crippen molar-refractivity contribution < 1.29 is 9.53 Å². The van der Waals surface area contributed by atoms with Gasteiger partial charge in [-0.25, -0.2) is 0 Å². The van der Waals surface area contributed by atoms with E-state index in [1.54, 1.807) is 18.9 Å². The standard InChI is InChI=1S/C20H25NO2S/c1-5-18(16-11-12-19(23-4)14(2)13-16)21-20(22)15(3)24-17-9-7-6-8-10-17/h6-13,15,18H,5H2,1-4H3,(H,21,22). The van der Waals surface area contributed by atoms with Crippen molar-refractivity contribution in [1.82, 2.24) is 5.32 Å². The Balaban J connectivity index is 2.03. The van der Waals surface area contributed by atoms with Crippen LogP contribution in [0.2, 0.25) is 0 Å². The molecule has 24 heavy (non-hydrogen) atoms. The molecule has 0 aliphatic rings. The van der Waals surface area contributed by atoms with Gasteiger partial charge in [0.1, 0.15) is 5.75 Å². The first-order valence-electron chi connectivity index (χ1n) is 8.21. The zero-order chi connectivity index (χ0) is 17.5. The van der Waals surface area contributed by atoms with Crippen LogP contribution in [-0.4, -0.2) is 18.3 Å². The summed E-state index contributed by atoms with van der Waals surface area (Å²) in [5, 5.41) is 3.03. The fourth-order valence-electron chi connectivity index (χ4n) is 2.59. The van der Waals surface area contributed by atoms with Gasteiger partial charge in [0, 0.05) is 4.90 Å². The van der Waals surface area contributed by atoms with Crippen LogP contribution >= 0.6 is 11.8 Å². The van der Waals surface area contributed by atoms with Crippen molar-refractivity contribution in [2.24, 2.45) is 0 Å². The SMILES string of the molecule is CCC(NC(=O)C(C)Sc1ccccc1)c1ccc(OC)c(C)c1. The predicted octanol–water partition coefficient (Wildman–Crippen LogP) is 4.75. The second-order valence-electron chi connectivity index (χ2n) is 5.77. The topological polar surface area (TPSA) is 38.3 Å². The minimum Gasteiger partial charge on any atom is -0.496 e. The van der Waals surface area contributed by atoms with Crippen LogP contribution in [0.15, 0.2) is 53.4 Å². The molecule has 0 aromatic heterocycles. The van der Waals surface area contributed by atoms with E-state index in [1.807, 2.05) is 56.3 Å². The lowest BCUT2D eigenvalue weighted by molar-refractivity contribution is -0.121. The van der Waals surface area contributed by atoms with E-state index in [0.29, 0.717) is 0 Å². The van der Waals surface area contributed by atoms with Crippen molar-refractivity contribution in [3.8, 4) is 5.75 Å². The number of carbonyl (C=O) groups is 1. The maximum absolute atomic E-state index is 12.5. The third-order valence-electron chi connectivity index (χ3n) is 3.97.